The van der Waals surface area contributed by atoms with Crippen molar-refractivity contribution in [1.82, 2.24) is 0 Å². The van der Waals surface area contributed by atoms with Crippen molar-refractivity contribution in [3.63, 3.8) is 0 Å². The van der Waals surface area contributed by atoms with Gasteiger partial charge in [-0.1, -0.05) is 37.3 Å². The van der Waals surface area contributed by atoms with Crippen LogP contribution >= 0.6 is 0 Å². The van der Waals surface area contributed by atoms with Gasteiger partial charge in [0, 0.05) is 5.69 Å². The maximum absolute atomic E-state index is 5.93. The van der Waals surface area contributed by atoms with Crippen LogP contribution in [-0.2, 0) is 6.42 Å². The molecule has 1 aromatic rings. The van der Waals surface area contributed by atoms with E-state index in [4.69, 9.17) is 5.73 Å². The number of hydrogen-bond donors (Lipinski definition) is 1. The maximum atomic E-state index is 5.93. The Balaban J connectivity index is 3.13. The van der Waals surface area contributed by atoms with E-state index in [1.54, 1.807) is 0 Å². The molecule has 1 nitrogen and oxygen atoms in total. The van der Waals surface area contributed by atoms with Crippen LogP contribution in [0.4, 0.5) is 5.69 Å². The molecule has 0 saturated carbocycles. The number of benzene rings is 1. The molecule has 0 bridgehead atoms. The highest BCUT2D eigenvalue weighted by Gasteiger charge is 1.98. The maximum Gasteiger partial charge on any atom is 0.0419 e. The number of rotatable bonds is 2. The van der Waals surface area contributed by atoms with Crippen LogP contribution in [0.3, 0.4) is 0 Å². The van der Waals surface area contributed by atoms with Crippen molar-refractivity contribution in [3.05, 3.63) is 35.4 Å². The molecule has 0 radical (unpaired) electrons. The molecule has 0 saturated heterocycles. The van der Waals surface area contributed by atoms with Gasteiger partial charge in [-0.2, -0.15) is 0 Å². The number of anilines is 1. The average Bonchev–Trinajstić information content (AvgIpc) is 2.09. The van der Waals surface area contributed by atoms with Crippen LogP contribution in [0.1, 0.15) is 25.0 Å². The van der Waals surface area contributed by atoms with Crippen molar-refractivity contribution in [2.75, 3.05) is 5.73 Å². The molecule has 0 amide bonds. The van der Waals surface area contributed by atoms with Crippen LogP contribution in [0.25, 0.3) is 6.08 Å². The number of nitrogen functional groups attached to an aromatic ring is 1. The van der Waals surface area contributed by atoms with Crippen molar-refractivity contribution >= 4 is 11.8 Å². The molecule has 1 rings (SSSR count). The summed E-state index contributed by atoms with van der Waals surface area (Å²) in [5, 5.41) is 0. The molecule has 0 aliphatic heterocycles. The number of hydrogen-bond acceptors (Lipinski definition) is 1. The van der Waals surface area contributed by atoms with Crippen molar-refractivity contribution in [2.24, 2.45) is 0 Å². The van der Waals surface area contributed by atoms with Gasteiger partial charge < -0.3 is 5.73 Å². The van der Waals surface area contributed by atoms with Gasteiger partial charge in [0.05, 0.1) is 0 Å². The van der Waals surface area contributed by atoms with E-state index < -0.39 is 0 Å². The van der Waals surface area contributed by atoms with E-state index in [2.05, 4.69) is 13.0 Å². The molecule has 0 heterocycles. The number of nitrogens with two attached hydrogens (primary N) is 1. The molecular formula is C11H15N. The molecule has 12 heavy (non-hydrogen) atoms. The van der Waals surface area contributed by atoms with Crippen molar-refractivity contribution < 1.29 is 0 Å². The molecule has 0 unspecified atom stereocenters. The molecule has 2 N–H and O–H groups in total. The molecule has 0 fully saturated rings. The molecule has 0 spiro atoms. The summed E-state index contributed by atoms with van der Waals surface area (Å²) < 4.78 is 0. The highest BCUT2D eigenvalue weighted by molar-refractivity contribution is 5.67. The highest BCUT2D eigenvalue weighted by atomic mass is 14.6. The molecule has 0 aromatic heterocycles. The van der Waals surface area contributed by atoms with Gasteiger partial charge in [0.2, 0.25) is 0 Å². The lowest BCUT2D eigenvalue weighted by molar-refractivity contribution is 1.14. The summed E-state index contributed by atoms with van der Waals surface area (Å²) in [6, 6.07) is 6.15. The topological polar surface area (TPSA) is 26.0 Å². The van der Waals surface area contributed by atoms with Gasteiger partial charge in [-0.25, -0.2) is 0 Å². The summed E-state index contributed by atoms with van der Waals surface area (Å²) in [6.07, 6.45) is 5.04. The Morgan fingerprint density at radius 2 is 2.17 bits per heavy atom. The second-order valence-corrected chi connectivity index (χ2v) is 2.77. The first kappa shape index (κ1) is 8.85. The van der Waals surface area contributed by atoms with Gasteiger partial charge in [0.15, 0.2) is 0 Å². The standard InChI is InChI=1S/C11H15N/c1-3-6-10-8-5-7-9(4-2)11(10)12/h3,5-8H,4,12H2,1-2H3. The molecule has 0 atom stereocenters. The summed E-state index contributed by atoms with van der Waals surface area (Å²) in [6.45, 7) is 4.11. The van der Waals surface area contributed by atoms with Gasteiger partial charge >= 0.3 is 0 Å². The normalized spacial score (nSPS) is 10.8. The summed E-state index contributed by atoms with van der Waals surface area (Å²) >= 11 is 0. The fourth-order valence-electron chi connectivity index (χ4n) is 1.27. The second-order valence-electron chi connectivity index (χ2n) is 2.77. The largest absolute Gasteiger partial charge is 0.398 e. The van der Waals surface area contributed by atoms with Gasteiger partial charge in [0.1, 0.15) is 0 Å². The van der Waals surface area contributed by atoms with E-state index in [9.17, 15) is 0 Å². The first-order valence-electron chi connectivity index (χ1n) is 4.29. The lowest BCUT2D eigenvalue weighted by atomic mass is 10.1. The Kier molecular flexibility index (Phi) is 2.92. The zero-order valence-corrected chi connectivity index (χ0v) is 7.67. The summed E-state index contributed by atoms with van der Waals surface area (Å²) in [4.78, 5) is 0. The predicted octanol–water partition coefficient (Wildman–Crippen LogP) is 2.86. The predicted molar refractivity (Wildman–Crippen MR) is 54.9 cm³/mol. The van der Waals surface area contributed by atoms with Crippen LogP contribution in [0.5, 0.6) is 0 Å². The van der Waals surface area contributed by atoms with Crippen molar-refractivity contribution in [2.45, 2.75) is 20.3 Å². The SMILES string of the molecule is CC=Cc1cccc(CC)c1N. The number of para-hydroxylation sites is 1. The first-order chi connectivity index (χ1) is 5.79. The third-order valence-corrected chi connectivity index (χ3v) is 1.96. The zero-order valence-electron chi connectivity index (χ0n) is 7.67. The minimum absolute atomic E-state index is 0.915. The second kappa shape index (κ2) is 3.96. The monoisotopic (exact) mass is 161 g/mol. The molecular weight excluding hydrogens is 146 g/mol. The summed E-state index contributed by atoms with van der Waals surface area (Å²) in [5.74, 6) is 0. The number of allylic oxidation sites excluding steroid dienone is 1. The van der Waals surface area contributed by atoms with E-state index in [0.717, 1.165) is 17.7 Å². The first-order valence-corrected chi connectivity index (χ1v) is 4.29. The van der Waals surface area contributed by atoms with Crippen LogP contribution in [0, 0.1) is 0 Å². The van der Waals surface area contributed by atoms with Gasteiger partial charge in [-0.05, 0) is 24.5 Å². The Bertz CT molecular complexity index is 287. The highest BCUT2D eigenvalue weighted by Crippen LogP contribution is 2.18. The van der Waals surface area contributed by atoms with Crippen LogP contribution < -0.4 is 5.73 Å². The van der Waals surface area contributed by atoms with Crippen molar-refractivity contribution in [1.29, 1.82) is 0 Å². The number of aryl methyl sites for hydroxylation is 1. The fourth-order valence-corrected chi connectivity index (χ4v) is 1.27. The molecule has 0 aliphatic rings. The Morgan fingerprint density at radius 3 is 2.75 bits per heavy atom. The summed E-state index contributed by atoms with van der Waals surface area (Å²) in [7, 11) is 0. The molecule has 1 heteroatoms. The minimum Gasteiger partial charge on any atom is -0.398 e. The Hall–Kier alpha value is -1.24. The molecule has 1 aromatic carbocycles. The lowest BCUT2D eigenvalue weighted by Crippen LogP contribution is -1.95. The fraction of sp³-hybridized carbons (Fsp3) is 0.273. The molecule has 0 aliphatic carbocycles. The van der Waals surface area contributed by atoms with E-state index in [1.807, 2.05) is 31.2 Å². The summed E-state index contributed by atoms with van der Waals surface area (Å²) in [5.41, 5.74) is 9.19. The molecule has 64 valence electrons. The quantitative estimate of drug-likeness (QED) is 0.663. The van der Waals surface area contributed by atoms with E-state index in [-0.39, 0.29) is 0 Å². The van der Waals surface area contributed by atoms with Gasteiger partial charge in [0.25, 0.3) is 0 Å². The van der Waals surface area contributed by atoms with E-state index in [0.29, 0.717) is 0 Å². The lowest BCUT2D eigenvalue weighted by Gasteiger charge is -2.05. The third kappa shape index (κ3) is 1.67. The Labute approximate surface area is 73.9 Å². The average molecular weight is 161 g/mol. The van der Waals surface area contributed by atoms with E-state index >= 15 is 0 Å². The van der Waals surface area contributed by atoms with E-state index in [1.165, 1.54) is 5.56 Å². The minimum atomic E-state index is 0.915. The third-order valence-electron chi connectivity index (χ3n) is 1.96. The van der Waals surface area contributed by atoms with Gasteiger partial charge in [-0.15, -0.1) is 0 Å². The van der Waals surface area contributed by atoms with Crippen molar-refractivity contribution in [3.8, 4) is 0 Å². The van der Waals surface area contributed by atoms with Crippen LogP contribution in [0.15, 0.2) is 24.3 Å². The smallest absolute Gasteiger partial charge is 0.0419 e. The van der Waals surface area contributed by atoms with Crippen LogP contribution in [-0.4, -0.2) is 0 Å². The zero-order chi connectivity index (χ0) is 8.97. The Morgan fingerprint density at radius 1 is 1.42 bits per heavy atom. The van der Waals surface area contributed by atoms with Gasteiger partial charge in [-0.3, -0.25) is 0 Å². The van der Waals surface area contributed by atoms with Crippen LogP contribution in [0.2, 0.25) is 0 Å².